The summed E-state index contributed by atoms with van der Waals surface area (Å²) in [7, 11) is 0. The minimum Gasteiger partial charge on any atom is -0.493 e. The van der Waals surface area contributed by atoms with E-state index in [4.69, 9.17) is 4.74 Å². The van der Waals surface area contributed by atoms with Crippen LogP contribution >= 0.6 is 12.4 Å². The summed E-state index contributed by atoms with van der Waals surface area (Å²) >= 11 is 0. The van der Waals surface area contributed by atoms with Gasteiger partial charge in [0.15, 0.2) is 0 Å². The zero-order chi connectivity index (χ0) is 11.4. The highest BCUT2D eigenvalue weighted by atomic mass is 35.5. The molecule has 1 heterocycles. The third-order valence-electron chi connectivity index (χ3n) is 2.67. The fraction of sp³-hybridized carbons (Fsp3) is 0.500. The molecule has 1 aliphatic heterocycles. The molecule has 0 spiro atoms. The molecule has 0 amide bonds. The molecule has 0 unspecified atom stereocenters. The maximum Gasteiger partial charge on any atom is 0.241 e. The zero-order valence-corrected chi connectivity index (χ0v) is 10.2. The summed E-state index contributed by atoms with van der Waals surface area (Å²) in [4.78, 5) is 0. The van der Waals surface area contributed by atoms with Crippen LogP contribution in [-0.2, 0) is 13.0 Å². The fourth-order valence-electron chi connectivity index (χ4n) is 1.81. The summed E-state index contributed by atoms with van der Waals surface area (Å²) < 4.78 is 29.1. The Hall–Kier alpha value is -0.870. The summed E-state index contributed by atoms with van der Waals surface area (Å²) in [6, 6.07) is 5.80. The van der Waals surface area contributed by atoms with Crippen LogP contribution in [0, 0.1) is 0 Å². The van der Waals surface area contributed by atoms with Crippen LogP contribution in [0.3, 0.4) is 0 Å². The van der Waals surface area contributed by atoms with Gasteiger partial charge in [0.1, 0.15) is 5.75 Å². The molecule has 96 valence electrons. The van der Waals surface area contributed by atoms with Gasteiger partial charge in [-0.1, -0.05) is 6.07 Å². The van der Waals surface area contributed by atoms with Crippen molar-refractivity contribution in [2.24, 2.45) is 0 Å². The van der Waals surface area contributed by atoms with Crippen molar-refractivity contribution in [3.05, 3.63) is 29.3 Å². The van der Waals surface area contributed by atoms with E-state index >= 15 is 0 Å². The lowest BCUT2D eigenvalue weighted by Gasteiger charge is -2.18. The van der Waals surface area contributed by atoms with Gasteiger partial charge in [-0.15, -0.1) is 12.4 Å². The summed E-state index contributed by atoms with van der Waals surface area (Å²) in [6.45, 7) is 1.93. The van der Waals surface area contributed by atoms with Gasteiger partial charge in [-0.05, 0) is 36.2 Å². The van der Waals surface area contributed by atoms with Crippen LogP contribution in [0.4, 0.5) is 8.78 Å². The molecule has 0 aliphatic carbocycles. The zero-order valence-electron chi connectivity index (χ0n) is 9.42. The van der Waals surface area contributed by atoms with Gasteiger partial charge in [-0.3, -0.25) is 0 Å². The van der Waals surface area contributed by atoms with Crippen LogP contribution in [-0.4, -0.2) is 19.6 Å². The first-order valence-electron chi connectivity index (χ1n) is 5.49. The Morgan fingerprint density at radius 2 is 2.12 bits per heavy atom. The molecule has 1 aliphatic rings. The van der Waals surface area contributed by atoms with Gasteiger partial charge in [-0.2, -0.15) is 0 Å². The molecule has 0 atom stereocenters. The van der Waals surface area contributed by atoms with Crippen LogP contribution in [0.5, 0.6) is 5.75 Å². The lowest BCUT2D eigenvalue weighted by Crippen LogP contribution is -2.23. The van der Waals surface area contributed by atoms with E-state index in [2.05, 4.69) is 5.32 Å². The molecular weight excluding hydrogens is 248 g/mol. The van der Waals surface area contributed by atoms with Crippen molar-refractivity contribution in [1.29, 1.82) is 0 Å². The minimum atomic E-state index is -2.29. The van der Waals surface area contributed by atoms with E-state index in [0.29, 0.717) is 5.75 Å². The van der Waals surface area contributed by atoms with Crippen LogP contribution in [0.15, 0.2) is 18.2 Å². The Balaban J connectivity index is 0.00000144. The average molecular weight is 264 g/mol. The monoisotopic (exact) mass is 263 g/mol. The maximum atomic E-state index is 11.9. The van der Waals surface area contributed by atoms with Crippen molar-refractivity contribution < 1.29 is 13.5 Å². The van der Waals surface area contributed by atoms with Crippen LogP contribution in [0.25, 0.3) is 0 Å². The second-order valence-electron chi connectivity index (χ2n) is 3.89. The lowest BCUT2D eigenvalue weighted by molar-refractivity contribution is 0.114. The van der Waals surface area contributed by atoms with E-state index in [9.17, 15) is 8.78 Å². The SMILES string of the molecule is Cl.FC(F)CCOc1ccc2c(c1)CCNC2. The molecule has 0 bridgehead atoms. The highest BCUT2D eigenvalue weighted by Crippen LogP contribution is 2.20. The normalized spacial score (nSPS) is 14.1. The van der Waals surface area contributed by atoms with E-state index in [1.165, 1.54) is 11.1 Å². The smallest absolute Gasteiger partial charge is 0.241 e. The number of fused-ring (bicyclic) bond motifs is 1. The molecule has 0 saturated heterocycles. The van der Waals surface area contributed by atoms with Crippen molar-refractivity contribution in [1.82, 2.24) is 5.32 Å². The van der Waals surface area contributed by atoms with Gasteiger partial charge < -0.3 is 10.1 Å². The van der Waals surface area contributed by atoms with Gasteiger partial charge in [-0.25, -0.2) is 8.78 Å². The van der Waals surface area contributed by atoms with Gasteiger partial charge >= 0.3 is 0 Å². The number of alkyl halides is 2. The molecule has 2 nitrogen and oxygen atoms in total. The Kier molecular flexibility index (Phi) is 5.65. The van der Waals surface area contributed by atoms with Gasteiger partial charge in [0.05, 0.1) is 6.61 Å². The standard InChI is InChI=1S/C12H15F2NO.ClH/c13-12(14)4-6-16-11-2-1-10-8-15-5-3-9(10)7-11;/h1-2,7,12,15H,3-6,8H2;1H. The first kappa shape index (κ1) is 14.2. The molecular formula is C12H16ClF2NO. The van der Waals surface area contributed by atoms with E-state index in [1.807, 2.05) is 18.2 Å². The molecule has 17 heavy (non-hydrogen) atoms. The molecule has 1 aromatic rings. The predicted molar refractivity (Wildman–Crippen MR) is 65.2 cm³/mol. The van der Waals surface area contributed by atoms with Crippen molar-refractivity contribution in [3.8, 4) is 5.75 Å². The predicted octanol–water partition coefficient (Wildman–Crippen LogP) is 2.79. The van der Waals surface area contributed by atoms with Crippen molar-refractivity contribution in [2.45, 2.75) is 25.8 Å². The summed E-state index contributed by atoms with van der Waals surface area (Å²) in [6.07, 6.45) is -1.53. The second kappa shape index (κ2) is 6.77. The molecule has 0 radical (unpaired) electrons. The van der Waals surface area contributed by atoms with Crippen LogP contribution in [0.2, 0.25) is 0 Å². The largest absolute Gasteiger partial charge is 0.493 e. The molecule has 1 aromatic carbocycles. The third-order valence-corrected chi connectivity index (χ3v) is 2.67. The number of rotatable bonds is 4. The number of halogens is 3. The topological polar surface area (TPSA) is 21.3 Å². The molecule has 2 rings (SSSR count). The maximum absolute atomic E-state index is 11.9. The minimum absolute atomic E-state index is 0. The number of ether oxygens (including phenoxy) is 1. The van der Waals surface area contributed by atoms with E-state index in [1.54, 1.807) is 0 Å². The highest BCUT2D eigenvalue weighted by molar-refractivity contribution is 5.85. The Labute approximate surface area is 106 Å². The highest BCUT2D eigenvalue weighted by Gasteiger charge is 2.09. The molecule has 1 N–H and O–H groups in total. The summed E-state index contributed by atoms with van der Waals surface area (Å²) in [5.41, 5.74) is 2.53. The van der Waals surface area contributed by atoms with Gasteiger partial charge in [0.25, 0.3) is 0 Å². The van der Waals surface area contributed by atoms with E-state index in [-0.39, 0.29) is 25.4 Å². The molecule has 0 aromatic heterocycles. The van der Waals surface area contributed by atoms with E-state index < -0.39 is 6.43 Å². The number of nitrogens with one attached hydrogen (secondary N) is 1. The third kappa shape index (κ3) is 4.13. The second-order valence-corrected chi connectivity index (χ2v) is 3.89. The fourth-order valence-corrected chi connectivity index (χ4v) is 1.81. The molecule has 0 saturated carbocycles. The molecule has 0 fully saturated rings. The Bertz CT molecular complexity index is 360. The quantitative estimate of drug-likeness (QED) is 0.902. The summed E-state index contributed by atoms with van der Waals surface area (Å²) in [5, 5.41) is 3.28. The number of hydrogen-bond donors (Lipinski definition) is 1. The van der Waals surface area contributed by atoms with E-state index in [0.717, 1.165) is 19.5 Å². The number of hydrogen-bond acceptors (Lipinski definition) is 2. The van der Waals surface area contributed by atoms with Crippen LogP contribution in [0.1, 0.15) is 17.5 Å². The van der Waals surface area contributed by atoms with Crippen molar-refractivity contribution in [3.63, 3.8) is 0 Å². The van der Waals surface area contributed by atoms with Crippen LogP contribution < -0.4 is 10.1 Å². The Morgan fingerprint density at radius 3 is 2.88 bits per heavy atom. The first-order chi connectivity index (χ1) is 7.75. The average Bonchev–Trinajstić information content (AvgIpc) is 2.28. The first-order valence-corrected chi connectivity index (χ1v) is 5.49. The summed E-state index contributed by atoms with van der Waals surface area (Å²) in [5.74, 6) is 0.696. The van der Waals surface area contributed by atoms with Crippen molar-refractivity contribution in [2.75, 3.05) is 13.2 Å². The lowest BCUT2D eigenvalue weighted by atomic mass is 10.0. The molecule has 5 heteroatoms. The van der Waals surface area contributed by atoms with Gasteiger partial charge in [0.2, 0.25) is 6.43 Å². The number of benzene rings is 1. The van der Waals surface area contributed by atoms with Crippen molar-refractivity contribution >= 4 is 12.4 Å². The Morgan fingerprint density at radius 1 is 1.29 bits per heavy atom. The van der Waals surface area contributed by atoms with Gasteiger partial charge in [0, 0.05) is 13.0 Å².